The summed E-state index contributed by atoms with van der Waals surface area (Å²) in [6, 6.07) is 12.3. The van der Waals surface area contributed by atoms with Gasteiger partial charge in [0.25, 0.3) is 0 Å². The Morgan fingerprint density at radius 2 is 1.79 bits per heavy atom. The second kappa shape index (κ2) is 8.52. The molecule has 2 aromatic rings. The smallest absolute Gasteiger partial charge is 0.311 e. The predicted molar refractivity (Wildman–Crippen MR) is 93.1 cm³/mol. The lowest BCUT2D eigenvalue weighted by Gasteiger charge is -2.10. The van der Waals surface area contributed by atoms with Crippen LogP contribution in [0.15, 0.2) is 47.6 Å². The van der Waals surface area contributed by atoms with Gasteiger partial charge >= 0.3 is 5.69 Å². The molecule has 126 valence electrons. The number of nitrogens with zero attached hydrogens (tertiary/aromatic N) is 2. The summed E-state index contributed by atoms with van der Waals surface area (Å²) in [4.78, 5) is 10.8. The van der Waals surface area contributed by atoms with E-state index < -0.39 is 4.92 Å². The Labute approximate surface area is 140 Å². The van der Waals surface area contributed by atoms with Crippen molar-refractivity contribution in [2.45, 2.75) is 13.8 Å². The van der Waals surface area contributed by atoms with Crippen molar-refractivity contribution in [1.82, 2.24) is 0 Å². The van der Waals surface area contributed by atoms with E-state index in [-0.39, 0.29) is 11.4 Å². The van der Waals surface area contributed by atoms with Crippen molar-refractivity contribution in [2.75, 3.05) is 18.6 Å². The third kappa shape index (κ3) is 4.45. The summed E-state index contributed by atoms with van der Waals surface area (Å²) in [7, 11) is 0. The van der Waals surface area contributed by atoms with Crippen LogP contribution in [0.3, 0.4) is 0 Å². The van der Waals surface area contributed by atoms with Crippen molar-refractivity contribution in [2.24, 2.45) is 5.10 Å². The minimum atomic E-state index is -0.483. The molecule has 0 bridgehead atoms. The number of nitro groups is 1. The first-order valence-corrected chi connectivity index (χ1v) is 7.57. The van der Waals surface area contributed by atoms with Gasteiger partial charge in [-0.25, -0.2) is 0 Å². The van der Waals surface area contributed by atoms with Gasteiger partial charge < -0.3 is 9.47 Å². The van der Waals surface area contributed by atoms with Crippen LogP contribution in [0.1, 0.15) is 19.4 Å². The number of benzene rings is 2. The summed E-state index contributed by atoms with van der Waals surface area (Å²) < 4.78 is 10.9. The van der Waals surface area contributed by atoms with Crippen LogP contribution < -0.4 is 14.9 Å². The van der Waals surface area contributed by atoms with Gasteiger partial charge in [0.2, 0.25) is 5.75 Å². The number of nitro benzene ring substituents is 1. The number of hydrogen-bond donors (Lipinski definition) is 1. The van der Waals surface area contributed by atoms with Gasteiger partial charge in [0.1, 0.15) is 5.75 Å². The van der Waals surface area contributed by atoms with E-state index in [1.165, 1.54) is 18.3 Å². The van der Waals surface area contributed by atoms with Crippen LogP contribution in [0.25, 0.3) is 0 Å². The lowest BCUT2D eigenvalue weighted by molar-refractivity contribution is -0.385. The zero-order valence-corrected chi connectivity index (χ0v) is 13.6. The van der Waals surface area contributed by atoms with Crippen LogP contribution in [0, 0.1) is 10.1 Å². The van der Waals surface area contributed by atoms with Crippen LogP contribution in [0.4, 0.5) is 11.4 Å². The molecule has 0 aliphatic heterocycles. The zero-order chi connectivity index (χ0) is 17.4. The summed E-state index contributed by atoms with van der Waals surface area (Å²) in [6.07, 6.45) is 1.49. The van der Waals surface area contributed by atoms with Crippen molar-refractivity contribution >= 4 is 17.6 Å². The molecule has 2 rings (SSSR count). The lowest BCUT2D eigenvalue weighted by Crippen LogP contribution is -2.03. The first-order chi connectivity index (χ1) is 11.7. The van der Waals surface area contributed by atoms with Crippen molar-refractivity contribution in [1.29, 1.82) is 0 Å². The van der Waals surface area contributed by atoms with Crippen molar-refractivity contribution in [3.05, 3.63) is 58.1 Å². The molecule has 0 aromatic heterocycles. The van der Waals surface area contributed by atoms with Crippen LogP contribution in [-0.4, -0.2) is 24.4 Å². The Morgan fingerprint density at radius 1 is 1.12 bits per heavy atom. The first-order valence-electron chi connectivity index (χ1n) is 7.57. The molecule has 0 saturated carbocycles. The lowest BCUT2D eigenvalue weighted by atomic mass is 10.1. The van der Waals surface area contributed by atoms with E-state index in [2.05, 4.69) is 10.5 Å². The van der Waals surface area contributed by atoms with Crippen LogP contribution >= 0.6 is 0 Å². The summed E-state index contributed by atoms with van der Waals surface area (Å²) in [5, 5.41) is 15.4. The molecule has 0 aliphatic carbocycles. The van der Waals surface area contributed by atoms with Gasteiger partial charge in [0.05, 0.1) is 30.0 Å². The molecule has 0 amide bonds. The highest BCUT2D eigenvalue weighted by Crippen LogP contribution is 2.34. The Bertz CT molecular complexity index is 717. The molecule has 0 radical (unpaired) electrons. The van der Waals surface area contributed by atoms with Gasteiger partial charge in [-0.3, -0.25) is 15.5 Å². The van der Waals surface area contributed by atoms with Gasteiger partial charge in [0, 0.05) is 17.7 Å². The van der Waals surface area contributed by atoms with E-state index in [0.717, 1.165) is 5.69 Å². The molecule has 0 aliphatic rings. The minimum absolute atomic E-state index is 0.124. The molecule has 2 aromatic carbocycles. The molecule has 7 heteroatoms. The molecule has 24 heavy (non-hydrogen) atoms. The van der Waals surface area contributed by atoms with E-state index in [0.29, 0.717) is 24.5 Å². The average molecular weight is 329 g/mol. The minimum Gasteiger partial charge on any atom is -0.493 e. The quantitative estimate of drug-likeness (QED) is 0.452. The maximum absolute atomic E-state index is 11.2. The highest BCUT2D eigenvalue weighted by Gasteiger charge is 2.19. The second-order valence-electron chi connectivity index (χ2n) is 4.72. The molecule has 7 nitrogen and oxygen atoms in total. The SMILES string of the molecule is CCOc1cc(OCC)c([N+](=O)[O-])cc1/C=N/Nc1ccccc1. The summed E-state index contributed by atoms with van der Waals surface area (Å²) in [6.45, 7) is 4.36. The van der Waals surface area contributed by atoms with Gasteiger partial charge in [-0.2, -0.15) is 5.10 Å². The Kier molecular flexibility index (Phi) is 6.13. The van der Waals surface area contributed by atoms with Crippen LogP contribution in [-0.2, 0) is 0 Å². The molecular weight excluding hydrogens is 310 g/mol. The van der Waals surface area contributed by atoms with Gasteiger partial charge in [-0.15, -0.1) is 0 Å². The van der Waals surface area contributed by atoms with Crippen molar-refractivity contribution < 1.29 is 14.4 Å². The van der Waals surface area contributed by atoms with E-state index in [1.54, 1.807) is 6.92 Å². The number of hydrogen-bond acceptors (Lipinski definition) is 6. The monoisotopic (exact) mass is 329 g/mol. The standard InChI is InChI=1S/C17H19N3O4/c1-3-23-16-11-17(24-4-2)15(20(21)22)10-13(16)12-18-19-14-8-6-5-7-9-14/h5-12,19H,3-4H2,1-2H3/b18-12+. The largest absolute Gasteiger partial charge is 0.493 e. The number of nitrogens with one attached hydrogen (secondary N) is 1. The van der Waals surface area contributed by atoms with Crippen LogP contribution in [0.2, 0.25) is 0 Å². The number of ether oxygens (including phenoxy) is 2. The number of para-hydroxylation sites is 1. The fourth-order valence-electron chi connectivity index (χ4n) is 2.05. The van der Waals surface area contributed by atoms with Crippen molar-refractivity contribution in [3.63, 3.8) is 0 Å². The highest BCUT2D eigenvalue weighted by molar-refractivity contribution is 5.86. The number of rotatable bonds is 8. The Morgan fingerprint density at radius 3 is 2.42 bits per heavy atom. The van der Waals surface area contributed by atoms with E-state index >= 15 is 0 Å². The highest BCUT2D eigenvalue weighted by atomic mass is 16.6. The number of anilines is 1. The molecule has 0 atom stereocenters. The first kappa shape index (κ1) is 17.3. The maximum Gasteiger partial charge on any atom is 0.311 e. The molecule has 0 fully saturated rings. The fourth-order valence-corrected chi connectivity index (χ4v) is 2.05. The average Bonchev–Trinajstić information content (AvgIpc) is 2.58. The third-order valence-electron chi connectivity index (χ3n) is 3.06. The van der Waals surface area contributed by atoms with Gasteiger partial charge in [-0.05, 0) is 26.0 Å². The third-order valence-corrected chi connectivity index (χ3v) is 3.06. The maximum atomic E-state index is 11.2. The summed E-state index contributed by atoms with van der Waals surface area (Å²) in [5.41, 5.74) is 4.05. The molecule has 0 unspecified atom stereocenters. The van der Waals surface area contributed by atoms with Crippen molar-refractivity contribution in [3.8, 4) is 11.5 Å². The van der Waals surface area contributed by atoms with Crippen LogP contribution in [0.5, 0.6) is 11.5 Å². The fraction of sp³-hybridized carbons (Fsp3) is 0.235. The molecule has 0 heterocycles. The van der Waals surface area contributed by atoms with E-state index in [4.69, 9.17) is 9.47 Å². The summed E-state index contributed by atoms with van der Waals surface area (Å²) >= 11 is 0. The van der Waals surface area contributed by atoms with Gasteiger partial charge in [-0.1, -0.05) is 18.2 Å². The Hall–Kier alpha value is -3.09. The molecular formula is C17H19N3O4. The normalized spacial score (nSPS) is 10.6. The Balaban J connectivity index is 2.32. The molecule has 0 spiro atoms. The van der Waals surface area contributed by atoms with E-state index in [1.807, 2.05) is 37.3 Å². The van der Waals surface area contributed by atoms with Gasteiger partial charge in [0.15, 0.2) is 0 Å². The predicted octanol–water partition coefficient (Wildman–Crippen LogP) is 3.84. The number of hydrazone groups is 1. The topological polar surface area (TPSA) is 86.0 Å². The molecule has 1 N–H and O–H groups in total. The molecule has 0 saturated heterocycles. The van der Waals surface area contributed by atoms with E-state index in [9.17, 15) is 10.1 Å². The second-order valence-corrected chi connectivity index (χ2v) is 4.72. The zero-order valence-electron chi connectivity index (χ0n) is 13.6. The summed E-state index contributed by atoms with van der Waals surface area (Å²) in [5.74, 6) is 0.657.